The Morgan fingerprint density at radius 1 is 1.53 bits per heavy atom. The highest BCUT2D eigenvalue weighted by atomic mass is 79.9. The SMILES string of the molecule is COC(C)CNCc1ccc(O)c(Br)c1. The molecule has 0 fully saturated rings. The van der Waals surface area contributed by atoms with Gasteiger partial charge in [-0.15, -0.1) is 0 Å². The van der Waals surface area contributed by atoms with E-state index in [1.165, 1.54) is 0 Å². The van der Waals surface area contributed by atoms with Crippen molar-refractivity contribution in [3.8, 4) is 5.75 Å². The van der Waals surface area contributed by atoms with Gasteiger partial charge in [0.1, 0.15) is 5.75 Å². The minimum atomic E-state index is 0.213. The number of rotatable bonds is 5. The Labute approximate surface area is 98.6 Å². The highest BCUT2D eigenvalue weighted by Crippen LogP contribution is 2.24. The first kappa shape index (κ1) is 12.5. The maximum Gasteiger partial charge on any atom is 0.129 e. The molecule has 0 radical (unpaired) electrons. The molecule has 0 aliphatic heterocycles. The third-order valence-corrected chi connectivity index (χ3v) is 2.81. The lowest BCUT2D eigenvalue weighted by Crippen LogP contribution is -2.25. The smallest absolute Gasteiger partial charge is 0.129 e. The molecule has 0 aromatic heterocycles. The molecule has 0 saturated carbocycles. The number of phenols is 1. The summed E-state index contributed by atoms with van der Waals surface area (Å²) in [7, 11) is 1.70. The third-order valence-electron chi connectivity index (χ3n) is 2.18. The van der Waals surface area contributed by atoms with E-state index in [0.717, 1.165) is 23.1 Å². The van der Waals surface area contributed by atoms with Gasteiger partial charge in [-0.05, 0) is 40.5 Å². The lowest BCUT2D eigenvalue weighted by molar-refractivity contribution is 0.117. The number of aromatic hydroxyl groups is 1. The summed E-state index contributed by atoms with van der Waals surface area (Å²) in [6, 6.07) is 5.48. The van der Waals surface area contributed by atoms with Crippen LogP contribution in [0.5, 0.6) is 5.75 Å². The van der Waals surface area contributed by atoms with E-state index >= 15 is 0 Å². The number of halogens is 1. The van der Waals surface area contributed by atoms with Gasteiger partial charge in [0, 0.05) is 20.2 Å². The van der Waals surface area contributed by atoms with Gasteiger partial charge in [0.25, 0.3) is 0 Å². The van der Waals surface area contributed by atoms with Crippen LogP contribution in [0.3, 0.4) is 0 Å². The first-order valence-corrected chi connectivity index (χ1v) is 5.63. The zero-order valence-corrected chi connectivity index (χ0v) is 10.5. The zero-order valence-electron chi connectivity index (χ0n) is 8.96. The lowest BCUT2D eigenvalue weighted by Gasteiger charge is -2.10. The van der Waals surface area contributed by atoms with Crippen LogP contribution in [0.15, 0.2) is 22.7 Å². The summed E-state index contributed by atoms with van der Waals surface area (Å²) in [6.07, 6.45) is 0.213. The summed E-state index contributed by atoms with van der Waals surface area (Å²) >= 11 is 3.28. The van der Waals surface area contributed by atoms with Crippen LogP contribution in [0, 0.1) is 0 Å². The molecule has 3 nitrogen and oxygen atoms in total. The molecule has 1 aromatic rings. The predicted molar refractivity (Wildman–Crippen MR) is 64.0 cm³/mol. The molecule has 0 amide bonds. The van der Waals surface area contributed by atoms with Crippen molar-refractivity contribution in [2.24, 2.45) is 0 Å². The fraction of sp³-hybridized carbons (Fsp3) is 0.455. The number of hydrogen-bond acceptors (Lipinski definition) is 3. The number of benzene rings is 1. The molecule has 84 valence electrons. The third kappa shape index (κ3) is 4.20. The maximum absolute atomic E-state index is 9.31. The van der Waals surface area contributed by atoms with E-state index in [1.807, 2.05) is 19.1 Å². The quantitative estimate of drug-likeness (QED) is 0.865. The summed E-state index contributed by atoms with van der Waals surface area (Å²) in [5, 5.41) is 12.6. The van der Waals surface area contributed by atoms with Gasteiger partial charge in [-0.25, -0.2) is 0 Å². The van der Waals surface area contributed by atoms with Crippen LogP contribution < -0.4 is 5.32 Å². The summed E-state index contributed by atoms with van der Waals surface area (Å²) in [5.74, 6) is 0.268. The predicted octanol–water partition coefficient (Wildman–Crippen LogP) is 2.28. The summed E-state index contributed by atoms with van der Waals surface area (Å²) < 4.78 is 5.84. The Balaban J connectivity index is 2.41. The van der Waals surface area contributed by atoms with E-state index in [1.54, 1.807) is 13.2 Å². The molecule has 0 bridgehead atoms. The Kier molecular flexibility index (Phi) is 5.08. The van der Waals surface area contributed by atoms with Crippen LogP contribution in [0.4, 0.5) is 0 Å². The van der Waals surface area contributed by atoms with E-state index in [-0.39, 0.29) is 11.9 Å². The van der Waals surface area contributed by atoms with Crippen LogP contribution in [0.1, 0.15) is 12.5 Å². The van der Waals surface area contributed by atoms with Crippen molar-refractivity contribution >= 4 is 15.9 Å². The fourth-order valence-electron chi connectivity index (χ4n) is 1.16. The Bertz CT molecular complexity index is 317. The standard InChI is InChI=1S/C11H16BrNO2/c1-8(15-2)6-13-7-9-3-4-11(14)10(12)5-9/h3-5,8,13-14H,6-7H2,1-2H3. The van der Waals surface area contributed by atoms with Crippen LogP contribution in [0.2, 0.25) is 0 Å². The van der Waals surface area contributed by atoms with Crippen molar-refractivity contribution in [1.82, 2.24) is 5.32 Å². The van der Waals surface area contributed by atoms with E-state index < -0.39 is 0 Å². The van der Waals surface area contributed by atoms with Crippen LogP contribution in [-0.4, -0.2) is 24.9 Å². The van der Waals surface area contributed by atoms with Crippen molar-refractivity contribution in [1.29, 1.82) is 0 Å². The number of nitrogens with one attached hydrogen (secondary N) is 1. The van der Waals surface area contributed by atoms with E-state index in [2.05, 4.69) is 21.2 Å². The molecule has 0 heterocycles. The minimum absolute atomic E-state index is 0.213. The normalized spacial score (nSPS) is 12.7. The Morgan fingerprint density at radius 2 is 2.27 bits per heavy atom. The molecule has 0 saturated heterocycles. The van der Waals surface area contributed by atoms with Gasteiger partial charge in [-0.2, -0.15) is 0 Å². The zero-order chi connectivity index (χ0) is 11.3. The monoisotopic (exact) mass is 273 g/mol. The van der Waals surface area contributed by atoms with E-state index in [0.29, 0.717) is 0 Å². The highest BCUT2D eigenvalue weighted by Gasteiger charge is 2.01. The van der Waals surface area contributed by atoms with Crippen molar-refractivity contribution in [3.63, 3.8) is 0 Å². The Hall–Kier alpha value is -0.580. The average Bonchev–Trinajstić information content (AvgIpc) is 2.23. The van der Waals surface area contributed by atoms with Gasteiger partial charge in [0.05, 0.1) is 10.6 Å². The van der Waals surface area contributed by atoms with Crippen LogP contribution >= 0.6 is 15.9 Å². The van der Waals surface area contributed by atoms with Gasteiger partial charge in [-0.3, -0.25) is 0 Å². The highest BCUT2D eigenvalue weighted by molar-refractivity contribution is 9.10. The number of phenolic OH excluding ortho intramolecular Hbond substituents is 1. The molecule has 1 unspecified atom stereocenters. The maximum atomic E-state index is 9.31. The van der Waals surface area contributed by atoms with Gasteiger partial charge in [0.2, 0.25) is 0 Å². The molecular weight excluding hydrogens is 258 g/mol. The largest absolute Gasteiger partial charge is 0.507 e. The number of hydrogen-bond donors (Lipinski definition) is 2. The summed E-state index contributed by atoms with van der Waals surface area (Å²) in [5.41, 5.74) is 1.13. The molecule has 1 atom stereocenters. The van der Waals surface area contributed by atoms with Crippen molar-refractivity contribution in [2.45, 2.75) is 19.6 Å². The lowest BCUT2D eigenvalue weighted by atomic mass is 10.2. The molecular formula is C11H16BrNO2. The first-order chi connectivity index (χ1) is 7.13. The molecule has 0 aliphatic rings. The fourth-order valence-corrected chi connectivity index (χ4v) is 1.59. The van der Waals surface area contributed by atoms with Gasteiger partial charge < -0.3 is 15.2 Å². The Morgan fingerprint density at radius 3 is 2.87 bits per heavy atom. The van der Waals surface area contributed by atoms with E-state index in [4.69, 9.17) is 4.74 Å². The summed E-state index contributed by atoms with van der Waals surface area (Å²) in [6.45, 7) is 3.60. The van der Waals surface area contributed by atoms with Crippen molar-refractivity contribution in [2.75, 3.05) is 13.7 Å². The molecule has 2 N–H and O–H groups in total. The number of methoxy groups -OCH3 is 1. The molecule has 15 heavy (non-hydrogen) atoms. The van der Waals surface area contributed by atoms with E-state index in [9.17, 15) is 5.11 Å². The topological polar surface area (TPSA) is 41.5 Å². The first-order valence-electron chi connectivity index (χ1n) is 4.84. The van der Waals surface area contributed by atoms with Crippen LogP contribution in [-0.2, 0) is 11.3 Å². The molecule has 0 aliphatic carbocycles. The van der Waals surface area contributed by atoms with Gasteiger partial charge in [0.15, 0.2) is 0 Å². The van der Waals surface area contributed by atoms with Crippen molar-refractivity contribution < 1.29 is 9.84 Å². The molecule has 0 spiro atoms. The number of ether oxygens (including phenoxy) is 1. The molecule has 1 aromatic carbocycles. The second-order valence-corrected chi connectivity index (χ2v) is 4.32. The molecule has 1 rings (SSSR count). The average molecular weight is 274 g/mol. The van der Waals surface area contributed by atoms with Gasteiger partial charge in [-0.1, -0.05) is 6.07 Å². The molecule has 4 heteroatoms. The second-order valence-electron chi connectivity index (χ2n) is 3.46. The minimum Gasteiger partial charge on any atom is -0.507 e. The second kappa shape index (κ2) is 6.10. The van der Waals surface area contributed by atoms with Gasteiger partial charge >= 0.3 is 0 Å². The van der Waals surface area contributed by atoms with Crippen LogP contribution in [0.25, 0.3) is 0 Å². The van der Waals surface area contributed by atoms with Crippen molar-refractivity contribution in [3.05, 3.63) is 28.2 Å². The summed E-state index contributed by atoms with van der Waals surface area (Å²) in [4.78, 5) is 0.